The monoisotopic (exact) mass is 398 g/mol. The van der Waals surface area contributed by atoms with Gasteiger partial charge in [-0.05, 0) is 36.4 Å². The molecule has 0 fully saturated rings. The Labute approximate surface area is 171 Å². The molecule has 0 saturated carbocycles. The minimum Gasteiger partial charge on any atom is -0.323 e. The predicted molar refractivity (Wildman–Crippen MR) is 115 cm³/mol. The van der Waals surface area contributed by atoms with Crippen LogP contribution in [0.1, 0.15) is 0 Å². The quantitative estimate of drug-likeness (QED) is 0.504. The molecular weight excluding hydrogens is 380 g/mol. The zero-order valence-electron chi connectivity index (χ0n) is 16.2. The minimum absolute atomic E-state index is 0.0753. The summed E-state index contributed by atoms with van der Waals surface area (Å²) in [5.41, 5.74) is 3.68. The lowest BCUT2D eigenvalue weighted by Crippen LogP contribution is -2.28. The van der Waals surface area contributed by atoms with Gasteiger partial charge in [-0.3, -0.25) is 18.5 Å². The van der Waals surface area contributed by atoms with E-state index >= 15 is 0 Å². The summed E-state index contributed by atoms with van der Waals surface area (Å²) < 4.78 is 4.88. The summed E-state index contributed by atoms with van der Waals surface area (Å²) in [7, 11) is 1.70. The van der Waals surface area contributed by atoms with Crippen LogP contribution in [0.25, 0.3) is 27.9 Å². The second kappa shape index (κ2) is 7.00. The average molecular weight is 398 g/mol. The maximum absolute atomic E-state index is 12.6. The second-order valence-corrected chi connectivity index (χ2v) is 6.97. The highest BCUT2D eigenvalue weighted by molar-refractivity contribution is 5.91. The third-order valence-corrected chi connectivity index (χ3v) is 5.09. The number of fused-ring (bicyclic) bond motifs is 2. The molecular formula is C22H18N6O2. The zero-order chi connectivity index (χ0) is 20.7. The maximum Gasteiger partial charge on any atom is 0.329 e. The van der Waals surface area contributed by atoms with Gasteiger partial charge in [-0.15, -0.1) is 0 Å². The van der Waals surface area contributed by atoms with Crippen molar-refractivity contribution in [1.82, 2.24) is 23.7 Å². The highest BCUT2D eigenvalue weighted by Gasteiger charge is 2.13. The fourth-order valence-electron chi connectivity index (χ4n) is 3.60. The van der Waals surface area contributed by atoms with Crippen LogP contribution in [0.5, 0.6) is 0 Å². The van der Waals surface area contributed by atoms with Gasteiger partial charge in [0.1, 0.15) is 18.7 Å². The normalized spacial score (nSPS) is 11.2. The van der Waals surface area contributed by atoms with Crippen molar-refractivity contribution >= 4 is 33.7 Å². The number of carbonyl (C=O) groups is 1. The van der Waals surface area contributed by atoms with E-state index in [9.17, 15) is 9.59 Å². The summed E-state index contributed by atoms with van der Waals surface area (Å²) in [5.74, 6) is 0.406. The summed E-state index contributed by atoms with van der Waals surface area (Å²) in [4.78, 5) is 33.8. The molecule has 0 unspecified atom stereocenters. The van der Waals surface area contributed by atoms with Gasteiger partial charge >= 0.3 is 5.69 Å². The van der Waals surface area contributed by atoms with Gasteiger partial charge in [0.15, 0.2) is 0 Å². The van der Waals surface area contributed by atoms with E-state index in [1.54, 1.807) is 25.6 Å². The van der Waals surface area contributed by atoms with Crippen LogP contribution in [0.4, 0.5) is 5.69 Å². The number of nitrogens with zero attached hydrogens (tertiary/aromatic N) is 5. The smallest absolute Gasteiger partial charge is 0.323 e. The van der Waals surface area contributed by atoms with Crippen molar-refractivity contribution < 1.29 is 4.79 Å². The molecule has 2 aromatic carbocycles. The second-order valence-electron chi connectivity index (χ2n) is 6.97. The number of rotatable bonds is 4. The van der Waals surface area contributed by atoms with E-state index in [2.05, 4.69) is 15.3 Å². The van der Waals surface area contributed by atoms with Crippen molar-refractivity contribution in [2.75, 3.05) is 5.32 Å². The molecule has 3 heterocycles. The molecule has 5 aromatic rings. The summed E-state index contributed by atoms with van der Waals surface area (Å²) in [6.07, 6.45) is 3.31. The van der Waals surface area contributed by atoms with Gasteiger partial charge in [-0.2, -0.15) is 0 Å². The number of hydrogen-bond donors (Lipinski definition) is 1. The standard InChI is InChI=1S/C22H18N6O2/c1-26-18-8-4-5-9-19(18)27(22(26)30)13-21(29)25-15-10-11-20(23-12-15)28-14-24-16-6-2-3-7-17(16)28/h2-12,14H,13H2,1H3,(H,25,29). The van der Waals surface area contributed by atoms with Gasteiger partial charge in [0, 0.05) is 7.05 Å². The molecule has 30 heavy (non-hydrogen) atoms. The highest BCUT2D eigenvalue weighted by Crippen LogP contribution is 2.18. The fraction of sp³-hybridized carbons (Fsp3) is 0.0909. The molecule has 1 N–H and O–H groups in total. The van der Waals surface area contributed by atoms with Gasteiger partial charge < -0.3 is 5.32 Å². The Morgan fingerprint density at radius 3 is 2.43 bits per heavy atom. The fourth-order valence-corrected chi connectivity index (χ4v) is 3.60. The molecule has 0 bridgehead atoms. The van der Waals surface area contributed by atoms with Gasteiger partial charge in [0.2, 0.25) is 5.91 Å². The zero-order valence-corrected chi connectivity index (χ0v) is 16.2. The number of aromatic nitrogens is 5. The van der Waals surface area contributed by atoms with Crippen molar-refractivity contribution in [2.45, 2.75) is 6.54 Å². The van der Waals surface area contributed by atoms with Gasteiger partial charge in [-0.1, -0.05) is 24.3 Å². The first kappa shape index (κ1) is 17.9. The van der Waals surface area contributed by atoms with Crippen LogP contribution in [-0.4, -0.2) is 29.6 Å². The van der Waals surface area contributed by atoms with E-state index in [0.29, 0.717) is 11.5 Å². The Morgan fingerprint density at radius 2 is 1.67 bits per heavy atom. The molecule has 8 heteroatoms. The van der Waals surface area contributed by atoms with Crippen LogP contribution in [0.2, 0.25) is 0 Å². The number of pyridine rings is 1. The Morgan fingerprint density at radius 1 is 0.933 bits per heavy atom. The van der Waals surface area contributed by atoms with Crippen molar-refractivity contribution in [2.24, 2.45) is 7.05 Å². The van der Waals surface area contributed by atoms with Gasteiger partial charge in [0.05, 0.1) is 34.0 Å². The molecule has 0 aliphatic heterocycles. The van der Waals surface area contributed by atoms with E-state index in [1.807, 2.05) is 59.2 Å². The Balaban J connectivity index is 1.36. The van der Waals surface area contributed by atoms with Crippen LogP contribution in [-0.2, 0) is 18.4 Å². The van der Waals surface area contributed by atoms with Crippen LogP contribution < -0.4 is 11.0 Å². The van der Waals surface area contributed by atoms with Crippen molar-refractivity contribution in [3.63, 3.8) is 0 Å². The predicted octanol–water partition coefficient (Wildman–Crippen LogP) is 2.71. The SMILES string of the molecule is Cn1c(=O)n(CC(=O)Nc2ccc(-n3cnc4ccccc43)nc2)c2ccccc21. The molecule has 5 rings (SSSR count). The molecule has 0 atom stereocenters. The number of carbonyl (C=O) groups excluding carboxylic acids is 1. The number of imidazole rings is 2. The number of aryl methyl sites for hydroxylation is 1. The molecule has 3 aromatic heterocycles. The minimum atomic E-state index is -0.295. The van der Waals surface area contributed by atoms with E-state index < -0.39 is 0 Å². The summed E-state index contributed by atoms with van der Waals surface area (Å²) >= 11 is 0. The number of amides is 1. The summed E-state index contributed by atoms with van der Waals surface area (Å²) in [5, 5.41) is 2.81. The molecule has 0 radical (unpaired) electrons. The first-order valence-corrected chi connectivity index (χ1v) is 9.44. The van der Waals surface area contributed by atoms with Crippen LogP contribution in [0, 0.1) is 0 Å². The summed E-state index contributed by atoms with van der Waals surface area (Å²) in [6, 6.07) is 18.8. The molecule has 8 nitrogen and oxygen atoms in total. The molecule has 0 spiro atoms. The first-order valence-electron chi connectivity index (χ1n) is 9.44. The molecule has 0 saturated heterocycles. The van der Waals surface area contributed by atoms with Crippen LogP contribution >= 0.6 is 0 Å². The highest BCUT2D eigenvalue weighted by atomic mass is 16.2. The first-order chi connectivity index (χ1) is 14.6. The summed E-state index contributed by atoms with van der Waals surface area (Å²) in [6.45, 7) is -0.0753. The molecule has 0 aliphatic carbocycles. The van der Waals surface area contributed by atoms with Crippen molar-refractivity contribution in [3.8, 4) is 5.82 Å². The van der Waals surface area contributed by atoms with Crippen molar-refractivity contribution in [3.05, 3.63) is 83.7 Å². The number of hydrogen-bond acceptors (Lipinski definition) is 4. The van der Waals surface area contributed by atoms with E-state index in [4.69, 9.17) is 0 Å². The lowest BCUT2D eigenvalue weighted by atomic mass is 10.3. The lowest BCUT2D eigenvalue weighted by molar-refractivity contribution is -0.116. The Hall–Kier alpha value is -4.20. The third-order valence-electron chi connectivity index (χ3n) is 5.09. The third kappa shape index (κ3) is 2.95. The number of nitrogens with one attached hydrogen (secondary N) is 1. The number of anilines is 1. The van der Waals surface area contributed by atoms with E-state index in [0.717, 1.165) is 22.1 Å². The molecule has 148 valence electrons. The number of para-hydroxylation sites is 4. The van der Waals surface area contributed by atoms with Gasteiger partial charge in [0.25, 0.3) is 0 Å². The average Bonchev–Trinajstić information content (AvgIpc) is 3.30. The largest absolute Gasteiger partial charge is 0.329 e. The Kier molecular flexibility index (Phi) is 4.17. The molecule has 1 amide bonds. The molecule has 0 aliphatic rings. The van der Waals surface area contributed by atoms with Crippen molar-refractivity contribution in [1.29, 1.82) is 0 Å². The lowest BCUT2D eigenvalue weighted by Gasteiger charge is -2.08. The van der Waals surface area contributed by atoms with E-state index in [1.165, 1.54) is 9.13 Å². The Bertz CT molecular complexity index is 1440. The van der Waals surface area contributed by atoms with Gasteiger partial charge in [-0.25, -0.2) is 14.8 Å². The van der Waals surface area contributed by atoms with E-state index in [-0.39, 0.29) is 18.1 Å². The maximum atomic E-state index is 12.6. The van der Waals surface area contributed by atoms with Crippen LogP contribution in [0.3, 0.4) is 0 Å². The topological polar surface area (TPSA) is 86.7 Å². The number of benzene rings is 2. The van der Waals surface area contributed by atoms with Crippen LogP contribution in [0.15, 0.2) is 78.0 Å².